The van der Waals surface area contributed by atoms with E-state index in [2.05, 4.69) is 10.6 Å². The van der Waals surface area contributed by atoms with Crippen LogP contribution in [-0.2, 0) is 4.79 Å². The lowest BCUT2D eigenvalue weighted by Crippen LogP contribution is -2.26. The van der Waals surface area contributed by atoms with E-state index in [-0.39, 0.29) is 17.7 Å². The molecule has 0 aromatic heterocycles. The normalized spacial score (nSPS) is 15.5. The molecule has 1 aromatic rings. The predicted molar refractivity (Wildman–Crippen MR) is 78.4 cm³/mol. The van der Waals surface area contributed by atoms with Crippen LogP contribution in [0.15, 0.2) is 24.3 Å². The number of amides is 2. The largest absolute Gasteiger partial charge is 0.349 e. The first-order chi connectivity index (χ1) is 9.60. The Morgan fingerprint density at radius 1 is 1.40 bits per heavy atom. The maximum atomic E-state index is 11.9. The van der Waals surface area contributed by atoms with Crippen molar-refractivity contribution < 1.29 is 9.59 Å². The van der Waals surface area contributed by atoms with Crippen molar-refractivity contribution in [1.29, 1.82) is 0 Å². The molecule has 1 aliphatic rings. The van der Waals surface area contributed by atoms with Crippen molar-refractivity contribution in [3.8, 4) is 0 Å². The van der Waals surface area contributed by atoms with Gasteiger partial charge in [0.2, 0.25) is 5.91 Å². The Labute approximate surface area is 118 Å². The van der Waals surface area contributed by atoms with Gasteiger partial charge in [0, 0.05) is 23.2 Å². The monoisotopic (exact) mass is 275 g/mol. The van der Waals surface area contributed by atoms with E-state index in [1.165, 1.54) is 0 Å². The van der Waals surface area contributed by atoms with Gasteiger partial charge in [0.05, 0.1) is 0 Å². The van der Waals surface area contributed by atoms with Crippen molar-refractivity contribution in [3.63, 3.8) is 0 Å². The number of rotatable bonds is 6. The second kappa shape index (κ2) is 6.52. The molecule has 1 fully saturated rings. The summed E-state index contributed by atoms with van der Waals surface area (Å²) in [7, 11) is 0. The maximum Gasteiger partial charge on any atom is 0.251 e. The molecule has 5 nitrogen and oxygen atoms in total. The van der Waals surface area contributed by atoms with Gasteiger partial charge in [0.25, 0.3) is 5.91 Å². The van der Waals surface area contributed by atoms with E-state index in [9.17, 15) is 9.59 Å². The average Bonchev–Trinajstić information content (AvgIpc) is 3.23. The Hall–Kier alpha value is -1.88. The zero-order valence-corrected chi connectivity index (χ0v) is 11.7. The molecule has 4 N–H and O–H groups in total. The number of nitrogens with two attached hydrogens (primary N) is 1. The zero-order valence-electron chi connectivity index (χ0n) is 11.7. The highest BCUT2D eigenvalue weighted by Gasteiger charge is 2.23. The molecule has 1 unspecified atom stereocenters. The first-order valence-electron chi connectivity index (χ1n) is 7.02. The van der Waals surface area contributed by atoms with Gasteiger partial charge in [-0.05, 0) is 44.0 Å². The van der Waals surface area contributed by atoms with Crippen LogP contribution in [0.3, 0.4) is 0 Å². The van der Waals surface area contributed by atoms with Gasteiger partial charge in [0.1, 0.15) is 0 Å². The van der Waals surface area contributed by atoms with Gasteiger partial charge in [-0.3, -0.25) is 9.59 Å². The van der Waals surface area contributed by atoms with E-state index >= 15 is 0 Å². The fourth-order valence-electron chi connectivity index (χ4n) is 1.88. The number of carbonyl (C=O) groups is 2. The Kier molecular flexibility index (Phi) is 4.74. The highest BCUT2D eigenvalue weighted by Crippen LogP contribution is 2.20. The number of benzene rings is 1. The average molecular weight is 275 g/mol. The molecular formula is C15H21N3O2. The highest BCUT2D eigenvalue weighted by atomic mass is 16.2. The van der Waals surface area contributed by atoms with Gasteiger partial charge in [-0.2, -0.15) is 0 Å². The molecule has 1 atom stereocenters. The van der Waals surface area contributed by atoms with Crippen molar-refractivity contribution in [3.05, 3.63) is 29.8 Å². The highest BCUT2D eigenvalue weighted by molar-refractivity contribution is 5.97. The lowest BCUT2D eigenvalue weighted by Gasteiger charge is -2.12. The number of hydrogen-bond donors (Lipinski definition) is 3. The van der Waals surface area contributed by atoms with Crippen LogP contribution in [0.25, 0.3) is 0 Å². The van der Waals surface area contributed by atoms with Crippen molar-refractivity contribution in [2.45, 2.75) is 32.2 Å². The van der Waals surface area contributed by atoms with Crippen molar-refractivity contribution in [1.82, 2.24) is 5.32 Å². The van der Waals surface area contributed by atoms with Crippen LogP contribution in [0.2, 0.25) is 0 Å². The molecule has 108 valence electrons. The molecular weight excluding hydrogens is 254 g/mol. The number of anilines is 1. The number of carbonyl (C=O) groups excluding carboxylic acids is 2. The molecule has 1 aromatic carbocycles. The third-order valence-corrected chi connectivity index (χ3v) is 3.35. The quantitative estimate of drug-likeness (QED) is 0.735. The van der Waals surface area contributed by atoms with E-state index in [0.717, 1.165) is 12.8 Å². The fraction of sp³-hybridized carbons (Fsp3) is 0.467. The van der Waals surface area contributed by atoms with Crippen molar-refractivity contribution >= 4 is 17.5 Å². The summed E-state index contributed by atoms with van der Waals surface area (Å²) >= 11 is 0. The first kappa shape index (κ1) is 14.5. The third kappa shape index (κ3) is 4.06. The Morgan fingerprint density at radius 2 is 2.15 bits per heavy atom. The maximum absolute atomic E-state index is 11.9. The van der Waals surface area contributed by atoms with Gasteiger partial charge in [-0.25, -0.2) is 0 Å². The molecule has 0 heterocycles. The van der Waals surface area contributed by atoms with Crippen LogP contribution in [0.1, 0.15) is 36.5 Å². The molecule has 0 spiro atoms. The molecule has 2 amide bonds. The van der Waals surface area contributed by atoms with Crippen LogP contribution >= 0.6 is 0 Å². The van der Waals surface area contributed by atoms with Crippen LogP contribution < -0.4 is 16.4 Å². The van der Waals surface area contributed by atoms with Crippen LogP contribution in [0, 0.1) is 5.92 Å². The third-order valence-electron chi connectivity index (χ3n) is 3.35. The summed E-state index contributed by atoms with van der Waals surface area (Å²) < 4.78 is 0. The van der Waals surface area contributed by atoms with Gasteiger partial charge < -0.3 is 16.4 Å². The van der Waals surface area contributed by atoms with Crippen molar-refractivity contribution in [2.75, 3.05) is 11.9 Å². The molecule has 20 heavy (non-hydrogen) atoms. The molecule has 2 rings (SSSR count). The predicted octanol–water partition coefficient (Wildman–Crippen LogP) is 1.50. The van der Waals surface area contributed by atoms with Crippen LogP contribution in [0.5, 0.6) is 0 Å². The first-order valence-corrected chi connectivity index (χ1v) is 7.02. The smallest absolute Gasteiger partial charge is 0.251 e. The summed E-state index contributed by atoms with van der Waals surface area (Å²) in [5.41, 5.74) is 6.66. The summed E-state index contributed by atoms with van der Waals surface area (Å²) in [6, 6.07) is 7.32. The standard InChI is InChI=1S/C15H21N3O2/c1-10(7-8-16)14(19)18-13-4-2-3-11(9-13)15(20)17-12-5-6-12/h2-4,9-10,12H,5-8,16H2,1H3,(H,17,20)(H,18,19). The van der Waals surface area contributed by atoms with Crippen molar-refractivity contribution in [2.24, 2.45) is 11.7 Å². The van der Waals surface area contributed by atoms with Gasteiger partial charge in [-0.1, -0.05) is 13.0 Å². The lowest BCUT2D eigenvalue weighted by molar-refractivity contribution is -0.119. The lowest BCUT2D eigenvalue weighted by atomic mass is 10.1. The van der Waals surface area contributed by atoms with Crippen LogP contribution in [-0.4, -0.2) is 24.4 Å². The zero-order chi connectivity index (χ0) is 14.5. The summed E-state index contributed by atoms with van der Waals surface area (Å²) in [6.07, 6.45) is 2.76. The molecule has 5 heteroatoms. The second-order valence-electron chi connectivity index (χ2n) is 5.30. The van der Waals surface area contributed by atoms with E-state index in [0.29, 0.717) is 30.3 Å². The number of hydrogen-bond acceptors (Lipinski definition) is 3. The Balaban J connectivity index is 1.98. The molecule has 0 aliphatic heterocycles. The van der Waals surface area contributed by atoms with Gasteiger partial charge >= 0.3 is 0 Å². The molecule has 0 bridgehead atoms. The SMILES string of the molecule is CC(CCN)C(=O)Nc1cccc(C(=O)NC2CC2)c1. The summed E-state index contributed by atoms with van der Waals surface area (Å²) in [5, 5.41) is 5.74. The molecule has 0 radical (unpaired) electrons. The van der Waals surface area contributed by atoms with E-state index in [4.69, 9.17) is 5.73 Å². The van der Waals surface area contributed by atoms with Gasteiger partial charge in [0.15, 0.2) is 0 Å². The van der Waals surface area contributed by atoms with Gasteiger partial charge in [-0.15, -0.1) is 0 Å². The Morgan fingerprint density at radius 3 is 2.80 bits per heavy atom. The minimum absolute atomic E-state index is 0.0739. The van der Waals surface area contributed by atoms with E-state index < -0.39 is 0 Å². The Bertz CT molecular complexity index is 498. The molecule has 1 saturated carbocycles. The number of nitrogens with one attached hydrogen (secondary N) is 2. The van der Waals surface area contributed by atoms with E-state index in [1.807, 2.05) is 6.92 Å². The minimum Gasteiger partial charge on any atom is -0.349 e. The van der Waals surface area contributed by atoms with E-state index in [1.54, 1.807) is 24.3 Å². The summed E-state index contributed by atoms with van der Waals surface area (Å²) in [5.74, 6) is -0.294. The van der Waals surface area contributed by atoms with Crippen LogP contribution in [0.4, 0.5) is 5.69 Å². The fourth-order valence-corrected chi connectivity index (χ4v) is 1.88. The summed E-state index contributed by atoms with van der Waals surface area (Å²) in [4.78, 5) is 23.8. The topological polar surface area (TPSA) is 84.2 Å². The summed E-state index contributed by atoms with van der Waals surface area (Å²) in [6.45, 7) is 2.32. The minimum atomic E-state index is -0.135. The molecule has 1 aliphatic carbocycles. The second-order valence-corrected chi connectivity index (χ2v) is 5.30. The molecule has 0 saturated heterocycles.